The van der Waals surface area contributed by atoms with Gasteiger partial charge >= 0.3 is 0 Å². The van der Waals surface area contributed by atoms with Crippen LogP contribution in [0.5, 0.6) is 11.5 Å². The van der Waals surface area contributed by atoms with Gasteiger partial charge < -0.3 is 40.5 Å². The topological polar surface area (TPSA) is 136 Å². The second-order valence-corrected chi connectivity index (χ2v) is 10.8. The first-order valence-corrected chi connectivity index (χ1v) is 14.4. The molecule has 0 fully saturated rings. The van der Waals surface area contributed by atoms with Crippen molar-refractivity contribution in [1.82, 2.24) is 10.6 Å². The van der Waals surface area contributed by atoms with E-state index < -0.39 is 12.2 Å². The zero-order chi connectivity index (χ0) is 29.1. The van der Waals surface area contributed by atoms with Gasteiger partial charge in [0.05, 0.1) is 18.1 Å². The highest BCUT2D eigenvalue weighted by atomic mass is 16.5. The highest BCUT2D eigenvalue weighted by molar-refractivity contribution is 5.84. The van der Waals surface area contributed by atoms with Crippen molar-refractivity contribution < 1.29 is 29.9 Å². The first-order chi connectivity index (χ1) is 19.2. The first kappa shape index (κ1) is 32.0. The number of likely N-dealkylation sites (N-methyl/N-ethyl adjacent to an activating group) is 1. The number of unbranched alkanes of at least 4 members (excludes halogenated alkanes) is 1. The summed E-state index contributed by atoms with van der Waals surface area (Å²) in [5.74, 6) is 0.415. The number of nitrogens with zero attached hydrogens (tertiary/aromatic N) is 1. The van der Waals surface area contributed by atoms with E-state index in [9.17, 15) is 20.4 Å². The van der Waals surface area contributed by atoms with Gasteiger partial charge in [0.1, 0.15) is 12.2 Å². The lowest BCUT2D eigenvalue weighted by Crippen LogP contribution is -2.45. The second-order valence-electron chi connectivity index (χ2n) is 10.8. The van der Waals surface area contributed by atoms with E-state index in [1.165, 1.54) is 0 Å². The van der Waals surface area contributed by atoms with Crippen LogP contribution < -0.4 is 15.4 Å². The lowest BCUT2D eigenvalue weighted by Gasteiger charge is -2.24. The predicted molar refractivity (Wildman–Crippen MR) is 157 cm³/mol. The second kappa shape index (κ2) is 16.0. The quantitative estimate of drug-likeness (QED) is 0.152. The Morgan fingerprint density at radius 3 is 2.73 bits per heavy atom. The number of hydrogen-bond acceptors (Lipinski definition) is 9. The largest absolute Gasteiger partial charge is 0.504 e. The summed E-state index contributed by atoms with van der Waals surface area (Å²) in [5, 5.41) is 47.0. The van der Waals surface area contributed by atoms with Crippen LogP contribution in [0.3, 0.4) is 0 Å². The highest BCUT2D eigenvalue weighted by Crippen LogP contribution is 2.33. The molecule has 2 heterocycles. The molecule has 0 amide bonds. The fourth-order valence-electron chi connectivity index (χ4n) is 4.88. The Morgan fingerprint density at radius 1 is 1.23 bits per heavy atom. The number of aliphatic hydroxyl groups is 3. The van der Waals surface area contributed by atoms with Gasteiger partial charge in [-0.15, -0.1) is 4.99 Å². The van der Waals surface area contributed by atoms with Crippen molar-refractivity contribution in [2.75, 3.05) is 33.4 Å². The van der Waals surface area contributed by atoms with Crippen LogP contribution in [-0.4, -0.2) is 84.3 Å². The van der Waals surface area contributed by atoms with Gasteiger partial charge in [0.25, 0.3) is 0 Å². The molecule has 6 N–H and O–H groups in total. The van der Waals surface area contributed by atoms with Crippen LogP contribution in [0.1, 0.15) is 52.0 Å². The molecule has 222 valence electrons. The Hall–Kier alpha value is -2.53. The summed E-state index contributed by atoms with van der Waals surface area (Å²) in [7, 11) is 1.89. The summed E-state index contributed by atoms with van der Waals surface area (Å²) in [4.78, 5) is 4.41. The average molecular weight is 558 g/mol. The van der Waals surface area contributed by atoms with Gasteiger partial charge in [-0.1, -0.05) is 38.4 Å². The molecule has 0 aliphatic carbocycles. The maximum absolute atomic E-state index is 10.8. The Bertz CT molecular complexity index is 1010. The van der Waals surface area contributed by atoms with E-state index in [2.05, 4.69) is 29.5 Å². The van der Waals surface area contributed by atoms with Crippen LogP contribution in [0.15, 0.2) is 46.5 Å². The third kappa shape index (κ3) is 9.26. The van der Waals surface area contributed by atoms with Crippen molar-refractivity contribution in [2.24, 2.45) is 10.9 Å². The number of ether oxygens (including phenoxy) is 2. The van der Waals surface area contributed by atoms with Crippen LogP contribution in [0.25, 0.3) is 0 Å². The van der Waals surface area contributed by atoms with Crippen LogP contribution in [-0.2, 0) is 11.2 Å². The van der Waals surface area contributed by atoms with Crippen LogP contribution in [0.2, 0.25) is 0 Å². The third-order valence-corrected chi connectivity index (χ3v) is 7.38. The molecule has 1 aromatic carbocycles. The molecular formula is C31H47N3O6. The Labute approximate surface area is 239 Å². The average Bonchev–Trinajstić information content (AvgIpc) is 3.59. The van der Waals surface area contributed by atoms with Crippen molar-refractivity contribution in [3.8, 4) is 11.5 Å². The monoisotopic (exact) mass is 557 g/mol. The van der Waals surface area contributed by atoms with Gasteiger partial charge in [0.15, 0.2) is 29.9 Å². The van der Waals surface area contributed by atoms with Gasteiger partial charge in [-0.05, 0) is 51.4 Å². The molecule has 0 spiro atoms. The van der Waals surface area contributed by atoms with E-state index in [0.717, 1.165) is 48.6 Å². The van der Waals surface area contributed by atoms with E-state index in [1.54, 1.807) is 25.3 Å². The number of phenolic OH excluding ortho intramolecular Hbond substituents is 1. The number of aromatic hydroxyl groups is 1. The Kier molecular flexibility index (Phi) is 12.8. The fourth-order valence-corrected chi connectivity index (χ4v) is 4.88. The maximum Gasteiger partial charge on any atom is 0.181 e. The summed E-state index contributed by atoms with van der Waals surface area (Å²) >= 11 is 0. The molecule has 5 atom stereocenters. The first-order valence-electron chi connectivity index (χ1n) is 14.4. The van der Waals surface area contributed by atoms with Crippen molar-refractivity contribution in [3.63, 3.8) is 0 Å². The zero-order valence-corrected chi connectivity index (χ0v) is 24.3. The molecule has 0 saturated heterocycles. The molecule has 2 aliphatic rings. The number of aliphatic hydroxyl groups excluding tert-OH is 3. The maximum atomic E-state index is 10.8. The smallest absolute Gasteiger partial charge is 0.181 e. The standard InChI is InChI=1S/C31H47N3O6/c1-5-6-7-30-24(18-35)13-25(40-30)10-8-22-9-11-28(37)31(12-22)39-19-29(38)26-14-23(16-34-26)21(3)27(17-32-4)33-15-20(2)36/h9,11-14,16,20-21,27,29-30,32-33,35-38H,5-8,10,15,17-19H2,1-4H3/t20-,21-,27-,29-,30?/m0/s1. The van der Waals surface area contributed by atoms with Crippen molar-refractivity contribution >= 4 is 6.21 Å². The van der Waals surface area contributed by atoms with Gasteiger partial charge in [0.2, 0.25) is 0 Å². The van der Waals surface area contributed by atoms with Crippen LogP contribution in [0.4, 0.5) is 0 Å². The summed E-state index contributed by atoms with van der Waals surface area (Å²) in [5.41, 5.74) is 2.88. The van der Waals surface area contributed by atoms with Crippen molar-refractivity contribution in [1.29, 1.82) is 0 Å². The van der Waals surface area contributed by atoms with E-state index in [0.29, 0.717) is 31.2 Å². The lowest BCUT2D eigenvalue weighted by molar-refractivity contribution is 0.103. The molecule has 0 saturated carbocycles. The van der Waals surface area contributed by atoms with E-state index in [4.69, 9.17) is 9.47 Å². The molecule has 0 bridgehead atoms. The number of aliphatic imine (C=N–C) groups is 1. The van der Waals surface area contributed by atoms with E-state index >= 15 is 0 Å². The third-order valence-electron chi connectivity index (χ3n) is 7.38. The number of hydrogen-bond donors (Lipinski definition) is 6. The minimum atomic E-state index is -0.957. The lowest BCUT2D eigenvalue weighted by atomic mass is 9.92. The predicted octanol–water partition coefficient (Wildman–Crippen LogP) is 2.84. The van der Waals surface area contributed by atoms with Gasteiger partial charge in [0, 0.05) is 31.8 Å². The molecule has 1 aromatic rings. The molecule has 1 unspecified atom stereocenters. The zero-order valence-electron chi connectivity index (χ0n) is 24.3. The Balaban J connectivity index is 1.52. The van der Waals surface area contributed by atoms with Crippen LogP contribution >= 0.6 is 0 Å². The Morgan fingerprint density at radius 2 is 2.02 bits per heavy atom. The normalized spacial score (nSPS) is 19.9. The number of aryl methyl sites for hydroxylation is 1. The van der Waals surface area contributed by atoms with Crippen molar-refractivity contribution in [2.45, 2.75) is 77.2 Å². The SMILES string of the molecule is CCCCC1O[C-](CCc2ccc(O)c(OC[C@H](O)[C+]3C=C([C@H](C)[C@H](CNC)NC[C@H](C)O)C=N3)c2)C=C1CO. The van der Waals surface area contributed by atoms with Crippen molar-refractivity contribution in [3.05, 3.63) is 59.2 Å². The van der Waals surface area contributed by atoms with Crippen LogP contribution in [0, 0.1) is 18.1 Å². The molecule has 3 rings (SSSR count). The number of benzene rings is 1. The summed E-state index contributed by atoms with van der Waals surface area (Å²) in [6, 6.07) is 5.82. The summed E-state index contributed by atoms with van der Waals surface area (Å²) in [6.07, 6.45) is 9.43. The van der Waals surface area contributed by atoms with Gasteiger partial charge in [-0.3, -0.25) is 0 Å². The summed E-state index contributed by atoms with van der Waals surface area (Å²) < 4.78 is 11.9. The fraction of sp³-hybridized carbons (Fsp3) is 0.581. The number of rotatable bonds is 18. The molecule has 9 nitrogen and oxygen atoms in total. The molecule has 0 radical (unpaired) electrons. The molecule has 40 heavy (non-hydrogen) atoms. The van der Waals surface area contributed by atoms with E-state index in [1.807, 2.05) is 25.3 Å². The van der Waals surface area contributed by atoms with Gasteiger partial charge in [-0.25, -0.2) is 0 Å². The molecular weight excluding hydrogens is 510 g/mol. The highest BCUT2D eigenvalue weighted by Gasteiger charge is 2.34. The van der Waals surface area contributed by atoms with Gasteiger partial charge in [-0.2, -0.15) is 11.6 Å². The molecule has 9 heteroatoms. The molecule has 0 aromatic heterocycles. The number of nitrogens with one attached hydrogen (secondary N) is 2. The number of phenols is 1. The summed E-state index contributed by atoms with van der Waals surface area (Å²) in [6.45, 7) is 7.14. The van der Waals surface area contributed by atoms with E-state index in [-0.39, 0.29) is 37.0 Å². The minimum Gasteiger partial charge on any atom is -0.504 e. The molecule has 2 aliphatic heterocycles. The minimum absolute atomic E-state index is 0.00619.